The van der Waals surface area contributed by atoms with E-state index in [-0.39, 0.29) is 25.2 Å². The third-order valence-corrected chi connectivity index (χ3v) is 5.72. The summed E-state index contributed by atoms with van der Waals surface area (Å²) < 4.78 is 21.0. The standard InChI is InChI=1S/C31H34N2O8/c1-3-4-20-39-31(37)22-8-10-23(11-9-22)33-29(35)21-40-30(36)7-5-6-28(34)32-24-12-14-26(15-13-24)41-27-18-16-25(38-2)17-19-27/h8-19H,3-7,20-21H2,1-2H3,(H,32,34)(H,33,35). The van der Waals surface area contributed by atoms with E-state index >= 15 is 0 Å². The van der Waals surface area contributed by atoms with E-state index in [0.717, 1.165) is 18.6 Å². The number of esters is 2. The molecule has 0 aliphatic rings. The van der Waals surface area contributed by atoms with Crippen LogP contribution in [0.5, 0.6) is 17.2 Å². The summed E-state index contributed by atoms with van der Waals surface area (Å²) >= 11 is 0. The molecule has 0 aliphatic carbocycles. The normalized spacial score (nSPS) is 10.3. The predicted octanol–water partition coefficient (Wildman–Crippen LogP) is 5.74. The van der Waals surface area contributed by atoms with Crippen LogP contribution < -0.4 is 20.1 Å². The number of methoxy groups -OCH3 is 1. The van der Waals surface area contributed by atoms with Crippen LogP contribution in [0.4, 0.5) is 11.4 Å². The van der Waals surface area contributed by atoms with Gasteiger partial charge in [0.15, 0.2) is 6.61 Å². The smallest absolute Gasteiger partial charge is 0.338 e. The summed E-state index contributed by atoms with van der Waals surface area (Å²) in [5.41, 5.74) is 1.43. The topological polar surface area (TPSA) is 129 Å². The number of carbonyl (C=O) groups is 4. The summed E-state index contributed by atoms with van der Waals surface area (Å²) in [6.07, 6.45) is 2.09. The first-order valence-electron chi connectivity index (χ1n) is 13.3. The summed E-state index contributed by atoms with van der Waals surface area (Å²) in [5, 5.41) is 5.36. The second kappa shape index (κ2) is 16.3. The number of ether oxygens (including phenoxy) is 4. The van der Waals surface area contributed by atoms with E-state index in [4.69, 9.17) is 18.9 Å². The van der Waals surface area contributed by atoms with E-state index in [9.17, 15) is 19.2 Å². The molecule has 0 saturated carbocycles. The Balaban J connectivity index is 1.30. The van der Waals surface area contributed by atoms with Gasteiger partial charge in [0.25, 0.3) is 5.91 Å². The molecule has 0 bridgehead atoms. The Kier molecular flexibility index (Phi) is 12.2. The van der Waals surface area contributed by atoms with Crippen molar-refractivity contribution in [3.8, 4) is 17.2 Å². The predicted molar refractivity (Wildman–Crippen MR) is 153 cm³/mol. The highest BCUT2D eigenvalue weighted by atomic mass is 16.5. The molecule has 0 aliphatic heterocycles. The van der Waals surface area contributed by atoms with Gasteiger partial charge in [0, 0.05) is 24.2 Å². The third-order valence-electron chi connectivity index (χ3n) is 5.72. The van der Waals surface area contributed by atoms with Gasteiger partial charge in [0.05, 0.1) is 19.3 Å². The van der Waals surface area contributed by atoms with E-state index < -0.39 is 24.5 Å². The molecule has 0 spiro atoms. The van der Waals surface area contributed by atoms with Crippen molar-refractivity contribution in [1.82, 2.24) is 0 Å². The number of benzene rings is 3. The van der Waals surface area contributed by atoms with Gasteiger partial charge < -0.3 is 29.6 Å². The van der Waals surface area contributed by atoms with Crippen LogP contribution in [0, 0.1) is 0 Å². The Morgan fingerprint density at radius 2 is 1.22 bits per heavy atom. The Labute approximate surface area is 238 Å². The molecule has 3 aromatic rings. The minimum absolute atomic E-state index is 0.00974. The van der Waals surface area contributed by atoms with Crippen molar-refractivity contribution < 1.29 is 38.1 Å². The second-order valence-electron chi connectivity index (χ2n) is 8.98. The summed E-state index contributed by atoms with van der Waals surface area (Å²) in [4.78, 5) is 48.2. The molecule has 2 amide bonds. The van der Waals surface area contributed by atoms with Crippen LogP contribution in [0.1, 0.15) is 49.4 Å². The van der Waals surface area contributed by atoms with Crippen molar-refractivity contribution in [2.45, 2.75) is 39.0 Å². The average Bonchev–Trinajstić information content (AvgIpc) is 2.98. The summed E-state index contributed by atoms with van der Waals surface area (Å²) in [7, 11) is 1.59. The SMILES string of the molecule is CCCCOC(=O)c1ccc(NC(=O)COC(=O)CCCC(=O)Nc2ccc(Oc3ccc(OC)cc3)cc2)cc1. The van der Waals surface area contributed by atoms with Gasteiger partial charge in [-0.3, -0.25) is 14.4 Å². The van der Waals surface area contributed by atoms with Gasteiger partial charge in [-0.25, -0.2) is 4.79 Å². The van der Waals surface area contributed by atoms with E-state index in [1.54, 1.807) is 79.9 Å². The molecule has 0 fully saturated rings. The van der Waals surface area contributed by atoms with Crippen LogP contribution in [-0.2, 0) is 23.9 Å². The van der Waals surface area contributed by atoms with Crippen LogP contribution in [0.2, 0.25) is 0 Å². The van der Waals surface area contributed by atoms with Gasteiger partial charge in [-0.2, -0.15) is 0 Å². The number of nitrogens with one attached hydrogen (secondary N) is 2. The molecule has 41 heavy (non-hydrogen) atoms. The number of anilines is 2. The van der Waals surface area contributed by atoms with Gasteiger partial charge in [0.2, 0.25) is 5.91 Å². The maximum Gasteiger partial charge on any atom is 0.338 e. The van der Waals surface area contributed by atoms with Crippen LogP contribution in [-0.4, -0.2) is 44.1 Å². The Morgan fingerprint density at radius 3 is 1.83 bits per heavy atom. The largest absolute Gasteiger partial charge is 0.497 e. The fraction of sp³-hybridized carbons (Fsp3) is 0.290. The molecule has 0 atom stereocenters. The molecule has 3 aromatic carbocycles. The van der Waals surface area contributed by atoms with Crippen molar-refractivity contribution in [3.63, 3.8) is 0 Å². The number of hydrogen-bond acceptors (Lipinski definition) is 8. The van der Waals surface area contributed by atoms with Crippen LogP contribution in [0.25, 0.3) is 0 Å². The Morgan fingerprint density at radius 1 is 0.659 bits per heavy atom. The van der Waals surface area contributed by atoms with Crippen molar-refractivity contribution >= 4 is 35.1 Å². The molecule has 0 unspecified atom stereocenters. The first kappa shape index (κ1) is 30.7. The lowest BCUT2D eigenvalue weighted by Gasteiger charge is -2.09. The Bertz CT molecular complexity index is 1290. The highest BCUT2D eigenvalue weighted by Crippen LogP contribution is 2.25. The number of amides is 2. The molecule has 10 nitrogen and oxygen atoms in total. The lowest BCUT2D eigenvalue weighted by atomic mass is 10.2. The van der Waals surface area contributed by atoms with Gasteiger partial charge in [-0.15, -0.1) is 0 Å². The number of hydrogen-bond donors (Lipinski definition) is 2. The first-order valence-corrected chi connectivity index (χ1v) is 13.3. The molecule has 2 N–H and O–H groups in total. The minimum Gasteiger partial charge on any atom is -0.497 e. The molecule has 216 valence electrons. The molecule has 0 aromatic heterocycles. The zero-order valence-corrected chi connectivity index (χ0v) is 23.1. The van der Waals surface area contributed by atoms with Gasteiger partial charge >= 0.3 is 11.9 Å². The van der Waals surface area contributed by atoms with Crippen molar-refractivity contribution in [1.29, 1.82) is 0 Å². The molecule has 0 saturated heterocycles. The Hall–Kier alpha value is -4.86. The van der Waals surface area contributed by atoms with Gasteiger partial charge in [-0.1, -0.05) is 13.3 Å². The maximum atomic E-state index is 12.2. The van der Waals surface area contributed by atoms with E-state index in [1.165, 1.54) is 0 Å². The van der Waals surface area contributed by atoms with Crippen LogP contribution in [0.15, 0.2) is 72.8 Å². The molecular weight excluding hydrogens is 528 g/mol. The summed E-state index contributed by atoms with van der Waals surface area (Å²) in [6.45, 7) is 1.91. The van der Waals surface area contributed by atoms with Gasteiger partial charge in [-0.05, 0) is 85.6 Å². The molecule has 0 radical (unpaired) electrons. The molecule has 0 heterocycles. The maximum absolute atomic E-state index is 12.2. The van der Waals surface area contributed by atoms with E-state index in [0.29, 0.717) is 35.0 Å². The van der Waals surface area contributed by atoms with Crippen LogP contribution in [0.3, 0.4) is 0 Å². The average molecular weight is 563 g/mol. The number of carbonyl (C=O) groups excluding carboxylic acids is 4. The third kappa shape index (κ3) is 11.0. The van der Waals surface area contributed by atoms with Crippen LogP contribution >= 0.6 is 0 Å². The highest BCUT2D eigenvalue weighted by Gasteiger charge is 2.11. The first-order chi connectivity index (χ1) is 19.9. The molecule has 3 rings (SSSR count). The minimum atomic E-state index is -0.585. The van der Waals surface area contributed by atoms with Crippen molar-refractivity contribution in [3.05, 3.63) is 78.4 Å². The number of rotatable bonds is 15. The summed E-state index contributed by atoms with van der Waals surface area (Å²) in [5.74, 6) is 0.217. The van der Waals surface area contributed by atoms with E-state index in [1.807, 2.05) is 6.92 Å². The van der Waals surface area contributed by atoms with Gasteiger partial charge in [0.1, 0.15) is 17.2 Å². The summed E-state index contributed by atoms with van der Waals surface area (Å²) in [6, 6.07) is 20.3. The second-order valence-corrected chi connectivity index (χ2v) is 8.98. The zero-order valence-electron chi connectivity index (χ0n) is 23.1. The quantitative estimate of drug-likeness (QED) is 0.177. The molecule has 10 heteroatoms. The molecular formula is C31H34N2O8. The highest BCUT2D eigenvalue weighted by molar-refractivity contribution is 5.94. The van der Waals surface area contributed by atoms with Crippen molar-refractivity contribution in [2.24, 2.45) is 0 Å². The van der Waals surface area contributed by atoms with Crippen molar-refractivity contribution in [2.75, 3.05) is 31.0 Å². The van der Waals surface area contributed by atoms with E-state index in [2.05, 4.69) is 10.6 Å². The number of unbranched alkanes of at least 4 members (excludes halogenated alkanes) is 1. The fourth-order valence-electron chi connectivity index (χ4n) is 3.50. The zero-order chi connectivity index (χ0) is 29.5. The monoisotopic (exact) mass is 562 g/mol. The fourth-order valence-corrected chi connectivity index (χ4v) is 3.50. The lowest BCUT2D eigenvalue weighted by Crippen LogP contribution is -2.21. The lowest BCUT2D eigenvalue weighted by molar-refractivity contribution is -0.147.